The topological polar surface area (TPSA) is 44.8 Å². The van der Waals surface area contributed by atoms with Gasteiger partial charge >= 0.3 is 5.97 Å². The first kappa shape index (κ1) is 15.9. The summed E-state index contributed by atoms with van der Waals surface area (Å²) in [4.78, 5) is 12.0. The number of benzene rings is 2. The van der Waals surface area contributed by atoms with Crippen molar-refractivity contribution in [1.29, 1.82) is 0 Å². The van der Waals surface area contributed by atoms with Crippen molar-refractivity contribution in [2.24, 2.45) is 0 Å². The van der Waals surface area contributed by atoms with Gasteiger partial charge in [0.1, 0.15) is 0 Å². The van der Waals surface area contributed by atoms with Crippen molar-refractivity contribution in [2.45, 2.75) is 6.92 Å². The van der Waals surface area contributed by atoms with Crippen LogP contribution in [0.1, 0.15) is 11.1 Å². The van der Waals surface area contributed by atoms with Crippen molar-refractivity contribution in [1.82, 2.24) is 0 Å². The number of ether oxygens (including phenoxy) is 3. The summed E-state index contributed by atoms with van der Waals surface area (Å²) in [5.74, 6) is 1.21. The van der Waals surface area contributed by atoms with Crippen molar-refractivity contribution in [3.63, 3.8) is 0 Å². The molecule has 0 spiro atoms. The van der Waals surface area contributed by atoms with Gasteiger partial charge in [-0.15, -0.1) is 0 Å². The average Bonchev–Trinajstić information content (AvgIpc) is 2.96. The number of carbonyl (C=O) groups is 1. The van der Waals surface area contributed by atoms with Crippen molar-refractivity contribution in [2.75, 3.05) is 6.79 Å². The van der Waals surface area contributed by atoms with Gasteiger partial charge in [0.2, 0.25) is 6.79 Å². The summed E-state index contributed by atoms with van der Waals surface area (Å²) in [6.07, 6.45) is 2.99. The molecule has 0 radical (unpaired) electrons. The molecule has 0 aliphatic carbocycles. The molecule has 1 aliphatic rings. The largest absolute Gasteiger partial charge is 0.454 e. The third-order valence-corrected chi connectivity index (χ3v) is 3.94. The second-order valence-electron chi connectivity index (χ2n) is 4.90. The van der Waals surface area contributed by atoms with Gasteiger partial charge in [0, 0.05) is 10.5 Å². The van der Waals surface area contributed by atoms with Crippen molar-refractivity contribution < 1.29 is 19.0 Å². The van der Waals surface area contributed by atoms with Gasteiger partial charge in [-0.05, 0) is 48.4 Å². The number of fused-ring (bicyclic) bond motifs is 1. The van der Waals surface area contributed by atoms with Gasteiger partial charge in [0.15, 0.2) is 17.2 Å². The van der Waals surface area contributed by atoms with Crippen LogP contribution < -0.4 is 14.2 Å². The lowest BCUT2D eigenvalue weighted by molar-refractivity contribution is -0.128. The average molecular weight is 396 g/mol. The molecule has 118 valence electrons. The van der Waals surface area contributed by atoms with E-state index in [0.717, 1.165) is 15.6 Å². The summed E-state index contributed by atoms with van der Waals surface area (Å²) in [6.45, 7) is 2.03. The van der Waals surface area contributed by atoms with E-state index in [9.17, 15) is 4.79 Å². The molecule has 0 amide bonds. The fraction of sp³-hybridized carbons (Fsp3) is 0.118. The maximum absolute atomic E-state index is 12.0. The van der Waals surface area contributed by atoms with Crippen LogP contribution in [0.3, 0.4) is 0 Å². The standard InChI is InChI=1S/C17H12BrClO4/c1-10-6-12(18)8-13(19)17(10)23-16(20)5-3-11-2-4-14-15(7-11)22-9-21-14/h2-8H,9H2,1H3/b5-3+. The molecule has 0 N–H and O–H groups in total. The maximum Gasteiger partial charge on any atom is 0.336 e. The first-order valence-corrected chi connectivity index (χ1v) is 7.95. The zero-order valence-corrected chi connectivity index (χ0v) is 14.5. The van der Waals surface area contributed by atoms with Crippen LogP contribution in [0.25, 0.3) is 6.08 Å². The van der Waals surface area contributed by atoms with Crippen LogP contribution in [-0.4, -0.2) is 12.8 Å². The lowest BCUT2D eigenvalue weighted by Crippen LogP contribution is -2.05. The van der Waals surface area contributed by atoms with E-state index in [2.05, 4.69) is 15.9 Å². The molecule has 0 atom stereocenters. The SMILES string of the molecule is Cc1cc(Br)cc(Cl)c1OC(=O)/C=C/c1ccc2c(c1)OCO2. The second kappa shape index (κ2) is 6.64. The van der Waals surface area contributed by atoms with E-state index in [0.29, 0.717) is 22.3 Å². The van der Waals surface area contributed by atoms with Crippen LogP contribution >= 0.6 is 27.5 Å². The molecule has 23 heavy (non-hydrogen) atoms. The Morgan fingerprint density at radius 3 is 2.83 bits per heavy atom. The zero-order valence-electron chi connectivity index (χ0n) is 12.1. The van der Waals surface area contributed by atoms with Crippen LogP contribution in [0.2, 0.25) is 5.02 Å². The van der Waals surface area contributed by atoms with Crippen LogP contribution in [0, 0.1) is 6.92 Å². The minimum Gasteiger partial charge on any atom is -0.454 e. The van der Waals surface area contributed by atoms with E-state index in [1.165, 1.54) is 6.08 Å². The van der Waals surface area contributed by atoms with Crippen molar-refractivity contribution in [3.05, 3.63) is 57.0 Å². The molecule has 3 rings (SSSR count). The molecule has 4 nitrogen and oxygen atoms in total. The van der Waals surface area contributed by atoms with Gasteiger partial charge in [-0.3, -0.25) is 0 Å². The molecule has 6 heteroatoms. The predicted molar refractivity (Wildman–Crippen MR) is 91.1 cm³/mol. The van der Waals surface area contributed by atoms with E-state index in [-0.39, 0.29) is 6.79 Å². The molecule has 2 aromatic carbocycles. The molecular weight excluding hydrogens is 384 g/mol. The number of hydrogen-bond acceptors (Lipinski definition) is 4. The molecule has 0 unspecified atom stereocenters. The molecule has 0 saturated carbocycles. The molecule has 1 heterocycles. The highest BCUT2D eigenvalue weighted by atomic mass is 79.9. The van der Waals surface area contributed by atoms with E-state index >= 15 is 0 Å². The molecule has 0 bridgehead atoms. The Morgan fingerprint density at radius 1 is 1.26 bits per heavy atom. The van der Waals surface area contributed by atoms with Crippen molar-refractivity contribution in [3.8, 4) is 17.2 Å². The van der Waals surface area contributed by atoms with Gasteiger partial charge in [-0.2, -0.15) is 0 Å². The van der Waals surface area contributed by atoms with Gasteiger partial charge in [-0.1, -0.05) is 33.6 Å². The quantitative estimate of drug-likeness (QED) is 0.427. The van der Waals surface area contributed by atoms with E-state index in [4.69, 9.17) is 25.8 Å². The number of hydrogen-bond donors (Lipinski definition) is 0. The van der Waals surface area contributed by atoms with Crippen molar-refractivity contribution >= 4 is 39.6 Å². The smallest absolute Gasteiger partial charge is 0.336 e. The summed E-state index contributed by atoms with van der Waals surface area (Å²) in [5, 5.41) is 0.377. The third kappa shape index (κ3) is 3.68. The van der Waals surface area contributed by atoms with E-state index in [1.807, 2.05) is 19.1 Å². The van der Waals surface area contributed by atoms with Crippen LogP contribution in [0.5, 0.6) is 17.2 Å². The molecule has 2 aromatic rings. The Kier molecular flexibility index (Phi) is 4.59. The van der Waals surface area contributed by atoms with Crippen LogP contribution in [0.4, 0.5) is 0 Å². The lowest BCUT2D eigenvalue weighted by atomic mass is 10.2. The summed E-state index contributed by atoms with van der Waals surface area (Å²) in [7, 11) is 0. The summed E-state index contributed by atoms with van der Waals surface area (Å²) in [6, 6.07) is 8.93. The Bertz CT molecular complexity index is 778. The lowest BCUT2D eigenvalue weighted by Gasteiger charge is -2.08. The summed E-state index contributed by atoms with van der Waals surface area (Å²) >= 11 is 9.44. The number of esters is 1. The normalized spacial score (nSPS) is 12.7. The minimum atomic E-state index is -0.505. The first-order chi connectivity index (χ1) is 11.0. The predicted octanol–water partition coefficient (Wildman–Crippen LogP) is 4.76. The number of carbonyl (C=O) groups excluding carboxylic acids is 1. The Morgan fingerprint density at radius 2 is 2.04 bits per heavy atom. The summed E-state index contributed by atoms with van der Waals surface area (Å²) < 4.78 is 16.7. The maximum atomic E-state index is 12.0. The number of halogens is 2. The van der Waals surface area contributed by atoms with E-state index < -0.39 is 5.97 Å². The Balaban J connectivity index is 1.72. The molecule has 0 fully saturated rings. The fourth-order valence-corrected chi connectivity index (χ4v) is 3.14. The first-order valence-electron chi connectivity index (χ1n) is 6.78. The van der Waals surface area contributed by atoms with Crippen LogP contribution in [0.15, 0.2) is 40.9 Å². The highest BCUT2D eigenvalue weighted by molar-refractivity contribution is 9.10. The fourth-order valence-electron chi connectivity index (χ4n) is 2.13. The van der Waals surface area contributed by atoms with Gasteiger partial charge in [-0.25, -0.2) is 4.79 Å². The van der Waals surface area contributed by atoms with Gasteiger partial charge < -0.3 is 14.2 Å². The molecule has 1 aliphatic heterocycles. The third-order valence-electron chi connectivity index (χ3n) is 3.21. The second-order valence-corrected chi connectivity index (χ2v) is 6.22. The Hall–Kier alpha value is -1.98. The number of rotatable bonds is 3. The van der Waals surface area contributed by atoms with Gasteiger partial charge in [0.05, 0.1) is 5.02 Å². The van der Waals surface area contributed by atoms with Gasteiger partial charge in [0.25, 0.3) is 0 Å². The highest BCUT2D eigenvalue weighted by Gasteiger charge is 2.13. The molecule has 0 saturated heterocycles. The van der Waals surface area contributed by atoms with E-state index in [1.54, 1.807) is 24.3 Å². The summed E-state index contributed by atoms with van der Waals surface area (Å²) in [5.41, 5.74) is 1.58. The molecule has 0 aromatic heterocycles. The highest BCUT2D eigenvalue weighted by Crippen LogP contribution is 2.33. The van der Waals surface area contributed by atoms with Crippen LogP contribution in [-0.2, 0) is 4.79 Å². The monoisotopic (exact) mass is 394 g/mol. The number of aryl methyl sites for hydroxylation is 1. The minimum absolute atomic E-state index is 0.214. The zero-order chi connectivity index (χ0) is 16.4. The molecular formula is C17H12BrClO4. The Labute approximate surface area is 146 Å².